The summed E-state index contributed by atoms with van der Waals surface area (Å²) in [4.78, 5) is 41.1. The van der Waals surface area contributed by atoms with Crippen LogP contribution in [0.3, 0.4) is 0 Å². The van der Waals surface area contributed by atoms with E-state index in [4.69, 9.17) is 0 Å². The molecule has 0 fully saturated rings. The Bertz CT molecular complexity index is 1100. The number of amides is 1. The number of fused-ring (bicyclic) bond motifs is 1. The van der Waals surface area contributed by atoms with Crippen molar-refractivity contribution in [2.75, 3.05) is 5.32 Å². The molecule has 2 aromatic heterocycles. The zero-order valence-electron chi connectivity index (χ0n) is 14.5. The summed E-state index contributed by atoms with van der Waals surface area (Å²) in [5, 5.41) is 13.5. The number of hydrogen-bond donors (Lipinski definition) is 2. The monoisotopic (exact) mass is 371 g/mol. The molecule has 0 radical (unpaired) electrons. The zero-order chi connectivity index (χ0) is 19.0. The number of carboxylic acids is 1. The number of aryl methyl sites for hydroxylation is 2. The first-order chi connectivity index (χ1) is 12.3. The van der Waals surface area contributed by atoms with Crippen LogP contribution >= 0.6 is 11.3 Å². The summed E-state index contributed by atoms with van der Waals surface area (Å²) in [6.07, 6.45) is 0. The third-order valence-corrected chi connectivity index (χ3v) is 5.17. The molecule has 0 bridgehead atoms. The van der Waals surface area contributed by atoms with Gasteiger partial charge in [0.15, 0.2) is 0 Å². The van der Waals surface area contributed by atoms with E-state index in [0.29, 0.717) is 16.3 Å². The Kier molecular flexibility index (Phi) is 4.60. The largest absolute Gasteiger partial charge is 0.478 e. The second-order valence-corrected chi connectivity index (χ2v) is 6.84. The smallest absolute Gasteiger partial charge is 0.337 e. The molecule has 7 nitrogen and oxygen atoms in total. The molecule has 0 atom stereocenters. The van der Waals surface area contributed by atoms with E-state index in [9.17, 15) is 19.5 Å². The van der Waals surface area contributed by atoms with E-state index >= 15 is 0 Å². The van der Waals surface area contributed by atoms with Crippen LogP contribution in [0.25, 0.3) is 10.2 Å². The summed E-state index contributed by atoms with van der Waals surface area (Å²) >= 11 is 1.10. The Morgan fingerprint density at radius 2 is 2.00 bits per heavy atom. The molecule has 26 heavy (non-hydrogen) atoms. The third-order valence-electron chi connectivity index (χ3n) is 4.30. The highest BCUT2D eigenvalue weighted by atomic mass is 32.1. The van der Waals surface area contributed by atoms with Crippen molar-refractivity contribution in [1.29, 1.82) is 0 Å². The molecule has 3 rings (SSSR count). The molecule has 8 heteroatoms. The van der Waals surface area contributed by atoms with Crippen molar-refractivity contribution in [3.8, 4) is 0 Å². The molecule has 1 aromatic carbocycles. The number of thiophene rings is 1. The van der Waals surface area contributed by atoms with Crippen LogP contribution < -0.4 is 10.9 Å². The van der Waals surface area contributed by atoms with E-state index in [1.165, 1.54) is 9.95 Å². The molecule has 0 saturated carbocycles. The highest BCUT2D eigenvalue weighted by Crippen LogP contribution is 2.22. The van der Waals surface area contributed by atoms with Gasteiger partial charge in [0.1, 0.15) is 17.2 Å². The van der Waals surface area contributed by atoms with Crippen LogP contribution in [0.4, 0.5) is 5.69 Å². The van der Waals surface area contributed by atoms with Gasteiger partial charge in [-0.3, -0.25) is 14.2 Å². The third kappa shape index (κ3) is 3.11. The van der Waals surface area contributed by atoms with Crippen LogP contribution in [0.2, 0.25) is 0 Å². The van der Waals surface area contributed by atoms with Gasteiger partial charge < -0.3 is 10.4 Å². The van der Waals surface area contributed by atoms with Crippen molar-refractivity contribution in [1.82, 2.24) is 9.55 Å². The van der Waals surface area contributed by atoms with Crippen molar-refractivity contribution in [2.24, 2.45) is 0 Å². The first-order valence-corrected chi connectivity index (χ1v) is 8.75. The van der Waals surface area contributed by atoms with Crippen molar-refractivity contribution < 1.29 is 14.7 Å². The quantitative estimate of drug-likeness (QED) is 0.734. The Balaban J connectivity index is 1.97. The van der Waals surface area contributed by atoms with E-state index in [1.54, 1.807) is 13.0 Å². The number of nitrogens with one attached hydrogen (secondary N) is 1. The molecule has 134 valence electrons. The van der Waals surface area contributed by atoms with Crippen LogP contribution in [0.5, 0.6) is 0 Å². The standard InChI is InChI=1S/C18H17N3O4S/c1-9-5-4-6-13(10(9)2)20-14(22)7-21-11(3)19-16-15(17(21)23)12(8-26-16)18(24)25/h4-6,8H,7H2,1-3H3,(H,20,22)(H,24,25). The normalized spacial score (nSPS) is 10.9. The maximum absolute atomic E-state index is 12.7. The fourth-order valence-electron chi connectivity index (χ4n) is 2.69. The van der Waals surface area contributed by atoms with Crippen molar-refractivity contribution in [2.45, 2.75) is 27.3 Å². The molecule has 2 N–H and O–H groups in total. The Labute approximate surface area is 152 Å². The van der Waals surface area contributed by atoms with Gasteiger partial charge in [-0.15, -0.1) is 11.3 Å². The number of hydrogen-bond acceptors (Lipinski definition) is 5. The summed E-state index contributed by atoms with van der Waals surface area (Å²) in [7, 11) is 0. The molecular weight excluding hydrogens is 354 g/mol. The van der Waals surface area contributed by atoms with Crippen LogP contribution in [0.15, 0.2) is 28.4 Å². The number of aromatic carboxylic acids is 1. The summed E-state index contributed by atoms with van der Waals surface area (Å²) < 4.78 is 1.20. The van der Waals surface area contributed by atoms with E-state index in [0.717, 1.165) is 22.5 Å². The van der Waals surface area contributed by atoms with Crippen LogP contribution in [-0.4, -0.2) is 26.5 Å². The minimum Gasteiger partial charge on any atom is -0.478 e. The lowest BCUT2D eigenvalue weighted by molar-refractivity contribution is -0.116. The fourth-order valence-corrected chi connectivity index (χ4v) is 3.64. The topological polar surface area (TPSA) is 101 Å². The second kappa shape index (κ2) is 6.72. The van der Waals surface area contributed by atoms with Gasteiger partial charge in [0.2, 0.25) is 5.91 Å². The van der Waals surface area contributed by atoms with Gasteiger partial charge in [0, 0.05) is 11.1 Å². The SMILES string of the molecule is Cc1cccc(NC(=O)Cn2c(C)nc3scc(C(=O)O)c3c2=O)c1C. The number of carboxylic acid groups (broad SMARTS) is 1. The number of benzene rings is 1. The van der Waals surface area contributed by atoms with E-state index in [2.05, 4.69) is 10.3 Å². The van der Waals surface area contributed by atoms with Crippen molar-refractivity contribution in [3.63, 3.8) is 0 Å². The molecule has 1 amide bonds. The summed E-state index contributed by atoms with van der Waals surface area (Å²) in [5.41, 5.74) is 2.05. The lowest BCUT2D eigenvalue weighted by atomic mass is 10.1. The zero-order valence-corrected chi connectivity index (χ0v) is 15.3. The van der Waals surface area contributed by atoms with Crippen LogP contribution in [0, 0.1) is 20.8 Å². The van der Waals surface area contributed by atoms with Crippen molar-refractivity contribution in [3.05, 3.63) is 56.4 Å². The van der Waals surface area contributed by atoms with Gasteiger partial charge in [-0.2, -0.15) is 0 Å². The molecule has 0 aliphatic heterocycles. The number of carbonyl (C=O) groups is 2. The number of anilines is 1. The number of rotatable bonds is 4. The number of aromatic nitrogens is 2. The average molecular weight is 371 g/mol. The van der Waals surface area contributed by atoms with E-state index in [1.807, 2.05) is 26.0 Å². The van der Waals surface area contributed by atoms with Gasteiger partial charge in [0.05, 0.1) is 10.9 Å². The Morgan fingerprint density at radius 1 is 1.27 bits per heavy atom. The molecule has 0 saturated heterocycles. The minimum atomic E-state index is -1.19. The summed E-state index contributed by atoms with van der Waals surface area (Å²) in [6.45, 7) is 5.23. The Hall–Kier alpha value is -3.00. The second-order valence-electron chi connectivity index (χ2n) is 5.98. The lowest BCUT2D eigenvalue weighted by Gasteiger charge is -2.12. The Morgan fingerprint density at radius 3 is 2.69 bits per heavy atom. The van der Waals surface area contributed by atoms with Gasteiger partial charge in [-0.1, -0.05) is 12.1 Å². The van der Waals surface area contributed by atoms with Crippen LogP contribution in [-0.2, 0) is 11.3 Å². The molecule has 0 aliphatic rings. The fraction of sp³-hybridized carbons (Fsp3) is 0.222. The number of carbonyl (C=O) groups excluding carboxylic acids is 1. The molecule has 0 aliphatic carbocycles. The molecular formula is C18H17N3O4S. The van der Waals surface area contributed by atoms with Crippen LogP contribution in [0.1, 0.15) is 27.3 Å². The molecule has 0 spiro atoms. The summed E-state index contributed by atoms with van der Waals surface area (Å²) in [5.74, 6) is -1.21. The van der Waals surface area contributed by atoms with Gasteiger partial charge in [-0.25, -0.2) is 9.78 Å². The van der Waals surface area contributed by atoms with Gasteiger partial charge in [0.25, 0.3) is 5.56 Å². The predicted octanol–water partition coefficient (Wildman–Crippen LogP) is 2.72. The first kappa shape index (κ1) is 17.8. The average Bonchev–Trinajstić information content (AvgIpc) is 3.00. The predicted molar refractivity (Wildman–Crippen MR) is 100 cm³/mol. The maximum Gasteiger partial charge on any atom is 0.337 e. The maximum atomic E-state index is 12.7. The lowest BCUT2D eigenvalue weighted by Crippen LogP contribution is -2.30. The van der Waals surface area contributed by atoms with E-state index in [-0.39, 0.29) is 23.4 Å². The van der Waals surface area contributed by atoms with E-state index < -0.39 is 11.5 Å². The molecule has 2 heterocycles. The summed E-state index contributed by atoms with van der Waals surface area (Å²) in [6, 6.07) is 5.58. The highest BCUT2D eigenvalue weighted by molar-refractivity contribution is 7.17. The van der Waals surface area contributed by atoms with Gasteiger partial charge >= 0.3 is 5.97 Å². The molecule has 0 unspecified atom stereocenters. The highest BCUT2D eigenvalue weighted by Gasteiger charge is 2.19. The van der Waals surface area contributed by atoms with Gasteiger partial charge in [-0.05, 0) is 38.0 Å². The van der Waals surface area contributed by atoms with Crippen molar-refractivity contribution >= 4 is 39.1 Å². The first-order valence-electron chi connectivity index (χ1n) is 7.87. The minimum absolute atomic E-state index is 0.0348. The molecule has 3 aromatic rings. The number of nitrogens with zero attached hydrogens (tertiary/aromatic N) is 2.